The topological polar surface area (TPSA) is 57.0 Å². The van der Waals surface area contributed by atoms with Crippen molar-refractivity contribution >= 4 is 5.97 Å². The first-order valence-electron chi connectivity index (χ1n) is 4.64. The second-order valence-corrected chi connectivity index (χ2v) is 3.29. The highest BCUT2D eigenvalue weighted by atomic mass is 16.5. The molecule has 0 saturated carbocycles. The van der Waals surface area contributed by atoms with Crippen LogP contribution in [0.15, 0.2) is 0 Å². The van der Waals surface area contributed by atoms with Gasteiger partial charge in [0.05, 0.1) is 6.61 Å². The van der Waals surface area contributed by atoms with Gasteiger partial charge in [-0.2, -0.15) is 0 Å². The van der Waals surface area contributed by atoms with E-state index in [0.29, 0.717) is 6.61 Å². The Balaban J connectivity index is 2.90. The van der Waals surface area contributed by atoms with Crippen LogP contribution in [0.4, 0.5) is 0 Å². The van der Waals surface area contributed by atoms with Gasteiger partial charge in [-0.1, -0.05) is 13.8 Å². The summed E-state index contributed by atoms with van der Waals surface area (Å²) in [6.07, 6.45) is 0. The third-order valence-electron chi connectivity index (χ3n) is 1.77. The van der Waals surface area contributed by atoms with Gasteiger partial charge in [0.15, 0.2) is 0 Å². The molecule has 1 rings (SSSR count). The molecule has 1 heterocycles. The van der Waals surface area contributed by atoms with Gasteiger partial charge in [0.2, 0.25) is 0 Å². The molecule has 0 unspecified atom stereocenters. The van der Waals surface area contributed by atoms with Crippen molar-refractivity contribution in [2.45, 2.75) is 26.7 Å². The SMILES string of the molecule is CCOC(=O)c1nc(C(C)C)n(C)n1. The maximum Gasteiger partial charge on any atom is 0.378 e. The van der Waals surface area contributed by atoms with Crippen LogP contribution in [0.5, 0.6) is 0 Å². The van der Waals surface area contributed by atoms with Gasteiger partial charge in [0.25, 0.3) is 5.82 Å². The van der Waals surface area contributed by atoms with Crippen LogP contribution in [-0.4, -0.2) is 27.3 Å². The van der Waals surface area contributed by atoms with E-state index < -0.39 is 5.97 Å². The summed E-state index contributed by atoms with van der Waals surface area (Å²) in [5, 5.41) is 3.98. The second kappa shape index (κ2) is 4.21. The molecular formula is C9H15N3O2. The fraction of sp³-hybridized carbons (Fsp3) is 0.667. The van der Waals surface area contributed by atoms with Gasteiger partial charge in [-0.05, 0) is 6.92 Å². The van der Waals surface area contributed by atoms with Crippen LogP contribution in [0.25, 0.3) is 0 Å². The molecule has 0 radical (unpaired) electrons. The maximum absolute atomic E-state index is 11.3. The summed E-state index contributed by atoms with van der Waals surface area (Å²) in [6.45, 7) is 6.09. The molecule has 14 heavy (non-hydrogen) atoms. The van der Waals surface area contributed by atoms with Crippen LogP contribution in [0.3, 0.4) is 0 Å². The van der Waals surface area contributed by atoms with Crippen molar-refractivity contribution in [2.75, 3.05) is 6.61 Å². The molecule has 0 amide bonds. The monoisotopic (exact) mass is 197 g/mol. The molecule has 0 saturated heterocycles. The highest BCUT2D eigenvalue weighted by Gasteiger charge is 2.16. The van der Waals surface area contributed by atoms with Crippen LogP contribution in [0.1, 0.15) is 43.1 Å². The highest BCUT2D eigenvalue weighted by Crippen LogP contribution is 2.10. The minimum absolute atomic E-state index is 0.137. The molecule has 0 aromatic carbocycles. The summed E-state index contributed by atoms with van der Waals surface area (Å²) < 4.78 is 6.41. The molecule has 1 aromatic heterocycles. The minimum atomic E-state index is -0.463. The smallest absolute Gasteiger partial charge is 0.378 e. The van der Waals surface area contributed by atoms with Gasteiger partial charge in [-0.15, -0.1) is 5.10 Å². The fourth-order valence-electron chi connectivity index (χ4n) is 1.18. The molecule has 0 spiro atoms. The number of carbonyl (C=O) groups is 1. The van der Waals surface area contributed by atoms with E-state index >= 15 is 0 Å². The highest BCUT2D eigenvalue weighted by molar-refractivity contribution is 5.84. The number of aromatic nitrogens is 3. The zero-order valence-electron chi connectivity index (χ0n) is 8.94. The van der Waals surface area contributed by atoms with E-state index in [1.165, 1.54) is 0 Å². The Hall–Kier alpha value is -1.39. The number of carbonyl (C=O) groups excluding carboxylic acids is 1. The number of aryl methyl sites for hydroxylation is 1. The first kappa shape index (κ1) is 10.7. The normalized spacial score (nSPS) is 10.6. The van der Waals surface area contributed by atoms with Gasteiger partial charge < -0.3 is 4.74 Å². The zero-order chi connectivity index (χ0) is 10.7. The number of hydrogen-bond donors (Lipinski definition) is 0. The van der Waals surface area contributed by atoms with Crippen molar-refractivity contribution in [2.24, 2.45) is 7.05 Å². The van der Waals surface area contributed by atoms with Gasteiger partial charge in [-0.25, -0.2) is 9.78 Å². The lowest BCUT2D eigenvalue weighted by molar-refractivity contribution is 0.0512. The molecule has 0 atom stereocenters. The third-order valence-corrected chi connectivity index (χ3v) is 1.77. The Bertz CT molecular complexity index is 331. The van der Waals surface area contributed by atoms with Crippen molar-refractivity contribution in [3.63, 3.8) is 0 Å². The summed E-state index contributed by atoms with van der Waals surface area (Å²) in [5.74, 6) is 0.705. The van der Waals surface area contributed by atoms with E-state index in [9.17, 15) is 4.79 Å². The van der Waals surface area contributed by atoms with Gasteiger partial charge >= 0.3 is 5.97 Å². The average Bonchev–Trinajstić information content (AvgIpc) is 2.48. The number of hydrogen-bond acceptors (Lipinski definition) is 4. The third kappa shape index (κ3) is 2.10. The molecular weight excluding hydrogens is 182 g/mol. The van der Waals surface area contributed by atoms with Crippen LogP contribution in [-0.2, 0) is 11.8 Å². The standard InChI is InChI=1S/C9H15N3O2/c1-5-14-9(13)7-10-8(6(2)3)12(4)11-7/h6H,5H2,1-4H3. The van der Waals surface area contributed by atoms with E-state index in [1.807, 2.05) is 13.8 Å². The Labute approximate surface area is 83.1 Å². The van der Waals surface area contributed by atoms with Crippen LogP contribution >= 0.6 is 0 Å². The van der Waals surface area contributed by atoms with Crippen molar-refractivity contribution in [3.05, 3.63) is 11.6 Å². The number of nitrogens with zero attached hydrogens (tertiary/aromatic N) is 3. The lowest BCUT2D eigenvalue weighted by Gasteiger charge is -2.00. The first-order valence-corrected chi connectivity index (χ1v) is 4.64. The molecule has 5 nitrogen and oxygen atoms in total. The van der Waals surface area contributed by atoms with Gasteiger partial charge in [0, 0.05) is 13.0 Å². The first-order chi connectivity index (χ1) is 6.56. The second-order valence-electron chi connectivity index (χ2n) is 3.29. The van der Waals surface area contributed by atoms with Crippen molar-refractivity contribution in [3.8, 4) is 0 Å². The minimum Gasteiger partial charge on any atom is -0.460 e. The molecule has 78 valence electrons. The number of esters is 1. The predicted molar refractivity (Wildman–Crippen MR) is 51.0 cm³/mol. The van der Waals surface area contributed by atoms with Crippen LogP contribution in [0.2, 0.25) is 0 Å². The van der Waals surface area contributed by atoms with E-state index in [4.69, 9.17) is 4.74 Å². The Morgan fingerprint density at radius 2 is 2.21 bits per heavy atom. The largest absolute Gasteiger partial charge is 0.460 e. The molecule has 0 aliphatic rings. The van der Waals surface area contributed by atoms with Crippen LogP contribution in [0, 0.1) is 0 Å². The van der Waals surface area contributed by atoms with E-state index in [1.54, 1.807) is 18.7 Å². The van der Waals surface area contributed by atoms with Crippen molar-refractivity contribution < 1.29 is 9.53 Å². The summed E-state index contributed by atoms with van der Waals surface area (Å²) in [7, 11) is 1.77. The molecule has 0 fully saturated rings. The summed E-state index contributed by atoms with van der Waals surface area (Å²) >= 11 is 0. The lowest BCUT2D eigenvalue weighted by Crippen LogP contribution is -2.07. The van der Waals surface area contributed by atoms with Gasteiger partial charge in [0.1, 0.15) is 5.82 Å². The summed E-state index contributed by atoms with van der Waals surface area (Å²) in [6, 6.07) is 0. The molecule has 0 aliphatic carbocycles. The Morgan fingerprint density at radius 1 is 1.57 bits per heavy atom. The lowest BCUT2D eigenvalue weighted by atomic mass is 10.2. The van der Waals surface area contributed by atoms with E-state index in [2.05, 4.69) is 10.1 Å². The fourth-order valence-corrected chi connectivity index (χ4v) is 1.18. The van der Waals surface area contributed by atoms with Crippen molar-refractivity contribution in [1.29, 1.82) is 0 Å². The van der Waals surface area contributed by atoms with Gasteiger partial charge in [-0.3, -0.25) is 4.68 Å². The van der Waals surface area contributed by atoms with Crippen LogP contribution < -0.4 is 0 Å². The quantitative estimate of drug-likeness (QED) is 0.681. The predicted octanol–water partition coefficient (Wildman–Crippen LogP) is 1.12. The molecule has 0 bridgehead atoms. The summed E-state index contributed by atoms with van der Waals surface area (Å²) in [4.78, 5) is 15.4. The summed E-state index contributed by atoms with van der Waals surface area (Å²) in [5.41, 5.74) is 0. The molecule has 5 heteroatoms. The molecule has 0 N–H and O–H groups in total. The Kier molecular flexibility index (Phi) is 3.22. The number of rotatable bonds is 3. The molecule has 1 aromatic rings. The van der Waals surface area contributed by atoms with E-state index in [0.717, 1.165) is 5.82 Å². The number of ether oxygens (including phenoxy) is 1. The van der Waals surface area contributed by atoms with Crippen molar-refractivity contribution in [1.82, 2.24) is 14.8 Å². The Morgan fingerprint density at radius 3 is 2.64 bits per heavy atom. The maximum atomic E-state index is 11.3. The van der Waals surface area contributed by atoms with E-state index in [-0.39, 0.29) is 11.7 Å². The average molecular weight is 197 g/mol. The zero-order valence-corrected chi connectivity index (χ0v) is 8.94. The molecule has 0 aliphatic heterocycles.